The van der Waals surface area contributed by atoms with E-state index in [1.807, 2.05) is 6.07 Å². The summed E-state index contributed by atoms with van der Waals surface area (Å²) in [6.45, 7) is 11.9. The number of likely N-dealkylation sites (N-methyl/N-ethyl adjacent to an activating group) is 1. The Morgan fingerprint density at radius 1 is 0.935 bits per heavy atom. The van der Waals surface area contributed by atoms with Gasteiger partial charge in [0, 0.05) is 72.0 Å². The standard InChI is InChI=1S/C24H40N4O3/c1-25-7-9-28(10-8-25)18-22(29)19-31-24-15-21(5-6-23(24)30-2)17-27-13-11-26(12-14-27)16-20-3-4-20/h5-6,15,20,22,29H,3-4,7-14,16-19H2,1-2H3. The Morgan fingerprint density at radius 2 is 1.61 bits per heavy atom. The number of nitrogens with zero attached hydrogens (tertiary/aromatic N) is 4. The number of ether oxygens (including phenoxy) is 2. The maximum atomic E-state index is 10.5. The molecule has 1 aromatic rings. The van der Waals surface area contributed by atoms with Gasteiger partial charge in [-0.15, -0.1) is 0 Å². The van der Waals surface area contributed by atoms with Crippen LogP contribution in [0.1, 0.15) is 18.4 Å². The molecule has 0 radical (unpaired) electrons. The molecule has 3 aliphatic rings. The van der Waals surface area contributed by atoms with Crippen LogP contribution in [0.3, 0.4) is 0 Å². The topological polar surface area (TPSA) is 51.7 Å². The van der Waals surface area contributed by atoms with E-state index in [2.05, 4.69) is 38.8 Å². The molecule has 0 bridgehead atoms. The summed E-state index contributed by atoms with van der Waals surface area (Å²) in [5.74, 6) is 2.43. The van der Waals surface area contributed by atoms with E-state index in [4.69, 9.17) is 9.47 Å². The lowest BCUT2D eigenvalue weighted by atomic mass is 10.1. The average molecular weight is 433 g/mol. The first-order valence-corrected chi connectivity index (χ1v) is 11.9. The van der Waals surface area contributed by atoms with E-state index in [0.717, 1.165) is 63.2 Å². The molecule has 174 valence electrons. The largest absolute Gasteiger partial charge is 0.493 e. The highest BCUT2D eigenvalue weighted by atomic mass is 16.5. The summed E-state index contributed by atoms with van der Waals surface area (Å²) in [4.78, 5) is 9.78. The fourth-order valence-electron chi connectivity index (χ4n) is 4.55. The second-order valence-electron chi connectivity index (χ2n) is 9.57. The van der Waals surface area contributed by atoms with E-state index in [-0.39, 0.29) is 6.61 Å². The smallest absolute Gasteiger partial charge is 0.161 e. The molecule has 0 aromatic heterocycles. The average Bonchev–Trinajstić information content (AvgIpc) is 3.59. The van der Waals surface area contributed by atoms with Gasteiger partial charge in [0.1, 0.15) is 12.7 Å². The first-order valence-electron chi connectivity index (χ1n) is 11.9. The summed E-state index contributed by atoms with van der Waals surface area (Å²) in [7, 11) is 3.81. The van der Waals surface area contributed by atoms with E-state index in [9.17, 15) is 5.11 Å². The predicted octanol–water partition coefficient (Wildman–Crippen LogP) is 1.21. The molecular formula is C24H40N4O3. The van der Waals surface area contributed by atoms with E-state index in [1.54, 1.807) is 7.11 Å². The van der Waals surface area contributed by atoms with Gasteiger partial charge in [-0.05, 0) is 43.5 Å². The summed E-state index contributed by atoms with van der Waals surface area (Å²) < 4.78 is 11.5. The highest BCUT2D eigenvalue weighted by Crippen LogP contribution is 2.31. The quantitative estimate of drug-likeness (QED) is 0.596. The van der Waals surface area contributed by atoms with E-state index < -0.39 is 6.10 Å². The molecule has 2 saturated heterocycles. The van der Waals surface area contributed by atoms with Crippen LogP contribution < -0.4 is 9.47 Å². The Balaban J connectivity index is 1.25. The van der Waals surface area contributed by atoms with Crippen molar-refractivity contribution in [2.24, 2.45) is 5.92 Å². The molecule has 7 nitrogen and oxygen atoms in total. The number of piperazine rings is 2. The van der Waals surface area contributed by atoms with Gasteiger partial charge in [0.05, 0.1) is 7.11 Å². The Hall–Kier alpha value is -1.38. The van der Waals surface area contributed by atoms with Crippen LogP contribution in [-0.2, 0) is 6.54 Å². The second-order valence-corrected chi connectivity index (χ2v) is 9.57. The third kappa shape index (κ3) is 7.05. The lowest BCUT2D eigenvalue weighted by Gasteiger charge is -2.34. The Bertz CT molecular complexity index is 683. The summed E-state index contributed by atoms with van der Waals surface area (Å²) in [5.41, 5.74) is 1.24. The van der Waals surface area contributed by atoms with Gasteiger partial charge in [-0.25, -0.2) is 0 Å². The molecule has 1 unspecified atom stereocenters. The number of aliphatic hydroxyl groups is 1. The van der Waals surface area contributed by atoms with Crippen molar-refractivity contribution in [1.82, 2.24) is 19.6 Å². The molecule has 1 atom stereocenters. The molecule has 0 spiro atoms. The SMILES string of the molecule is COc1ccc(CN2CCN(CC3CC3)CC2)cc1OCC(O)CN1CCN(C)CC1. The minimum Gasteiger partial charge on any atom is -0.493 e. The van der Waals surface area contributed by atoms with Gasteiger partial charge in [0.2, 0.25) is 0 Å². The molecule has 2 heterocycles. The third-order valence-corrected chi connectivity index (χ3v) is 6.81. The van der Waals surface area contributed by atoms with Gasteiger partial charge < -0.3 is 24.4 Å². The molecule has 31 heavy (non-hydrogen) atoms. The molecule has 1 N–H and O–H groups in total. The molecule has 2 aliphatic heterocycles. The summed E-state index contributed by atoms with van der Waals surface area (Å²) >= 11 is 0. The van der Waals surface area contributed by atoms with Crippen LogP contribution in [0.5, 0.6) is 11.5 Å². The molecule has 0 amide bonds. The van der Waals surface area contributed by atoms with Crippen LogP contribution in [-0.4, -0.2) is 117 Å². The Labute approximate surface area is 187 Å². The van der Waals surface area contributed by atoms with Crippen molar-refractivity contribution in [3.8, 4) is 11.5 Å². The normalized spacial score (nSPS) is 23.1. The molecule has 7 heteroatoms. The minimum atomic E-state index is -0.503. The van der Waals surface area contributed by atoms with Crippen molar-refractivity contribution in [1.29, 1.82) is 0 Å². The van der Waals surface area contributed by atoms with Crippen LogP contribution in [0.2, 0.25) is 0 Å². The van der Waals surface area contributed by atoms with E-state index in [0.29, 0.717) is 6.54 Å². The molecular weight excluding hydrogens is 392 g/mol. The van der Waals surface area contributed by atoms with Gasteiger partial charge >= 0.3 is 0 Å². The first kappa shape index (κ1) is 22.8. The third-order valence-electron chi connectivity index (χ3n) is 6.81. The van der Waals surface area contributed by atoms with Crippen molar-refractivity contribution >= 4 is 0 Å². The molecule has 3 fully saturated rings. The second kappa shape index (κ2) is 11.0. The number of aliphatic hydroxyl groups excluding tert-OH is 1. The Kier molecular flexibility index (Phi) is 8.07. The summed E-state index contributed by atoms with van der Waals surface area (Å²) in [5, 5.41) is 10.5. The van der Waals surface area contributed by atoms with Crippen molar-refractivity contribution < 1.29 is 14.6 Å². The maximum absolute atomic E-state index is 10.5. The molecule has 1 aromatic carbocycles. The molecule has 1 aliphatic carbocycles. The van der Waals surface area contributed by atoms with Crippen molar-refractivity contribution in [3.63, 3.8) is 0 Å². The number of methoxy groups -OCH3 is 1. The van der Waals surface area contributed by atoms with Crippen LogP contribution in [0, 0.1) is 5.92 Å². The fraction of sp³-hybridized carbons (Fsp3) is 0.750. The first-order chi connectivity index (χ1) is 15.1. The summed E-state index contributed by atoms with van der Waals surface area (Å²) in [6, 6.07) is 6.20. The van der Waals surface area contributed by atoms with Gasteiger partial charge in [-0.3, -0.25) is 9.80 Å². The number of hydrogen-bond acceptors (Lipinski definition) is 7. The zero-order valence-electron chi connectivity index (χ0n) is 19.3. The lowest BCUT2D eigenvalue weighted by Crippen LogP contribution is -2.47. The Morgan fingerprint density at radius 3 is 2.29 bits per heavy atom. The van der Waals surface area contributed by atoms with Crippen LogP contribution in [0.25, 0.3) is 0 Å². The fourth-order valence-corrected chi connectivity index (χ4v) is 4.55. The highest BCUT2D eigenvalue weighted by molar-refractivity contribution is 5.43. The van der Waals surface area contributed by atoms with Crippen molar-refractivity contribution in [2.75, 3.05) is 86.2 Å². The number of benzene rings is 1. The van der Waals surface area contributed by atoms with E-state index in [1.165, 1.54) is 38.0 Å². The van der Waals surface area contributed by atoms with Crippen molar-refractivity contribution in [3.05, 3.63) is 23.8 Å². The highest BCUT2D eigenvalue weighted by Gasteiger charge is 2.26. The molecule has 1 saturated carbocycles. The van der Waals surface area contributed by atoms with Crippen LogP contribution in [0.4, 0.5) is 0 Å². The monoisotopic (exact) mass is 432 g/mol. The van der Waals surface area contributed by atoms with Gasteiger partial charge in [0.15, 0.2) is 11.5 Å². The minimum absolute atomic E-state index is 0.284. The molecule has 4 rings (SSSR count). The van der Waals surface area contributed by atoms with Crippen molar-refractivity contribution in [2.45, 2.75) is 25.5 Å². The van der Waals surface area contributed by atoms with Gasteiger partial charge in [-0.1, -0.05) is 6.07 Å². The summed E-state index contributed by atoms with van der Waals surface area (Å²) in [6.07, 6.45) is 2.36. The maximum Gasteiger partial charge on any atom is 0.161 e. The number of rotatable bonds is 10. The number of hydrogen-bond donors (Lipinski definition) is 1. The predicted molar refractivity (Wildman–Crippen MR) is 123 cm³/mol. The zero-order valence-corrected chi connectivity index (χ0v) is 19.3. The lowest BCUT2D eigenvalue weighted by molar-refractivity contribution is 0.0497. The number of β-amino-alcohol motifs (C(OH)–C–C–N with tert-alkyl or cyclic N) is 1. The van der Waals surface area contributed by atoms with Crippen LogP contribution >= 0.6 is 0 Å². The van der Waals surface area contributed by atoms with Gasteiger partial charge in [0.25, 0.3) is 0 Å². The van der Waals surface area contributed by atoms with E-state index >= 15 is 0 Å². The zero-order chi connectivity index (χ0) is 21.6. The van der Waals surface area contributed by atoms with Gasteiger partial charge in [-0.2, -0.15) is 0 Å². The van der Waals surface area contributed by atoms with Crippen LogP contribution in [0.15, 0.2) is 18.2 Å².